The van der Waals surface area contributed by atoms with Crippen molar-refractivity contribution >= 4 is 29.3 Å². The molecular formula is C29H39ClFN7O3. The fourth-order valence-electron chi connectivity index (χ4n) is 4.93. The van der Waals surface area contributed by atoms with E-state index in [-0.39, 0.29) is 35.7 Å². The van der Waals surface area contributed by atoms with Crippen molar-refractivity contribution in [3.8, 4) is 0 Å². The number of rotatable bonds is 9. The van der Waals surface area contributed by atoms with Crippen LogP contribution in [0.4, 0.5) is 4.39 Å². The molecule has 1 aromatic carbocycles. The van der Waals surface area contributed by atoms with Crippen molar-refractivity contribution in [1.29, 1.82) is 0 Å². The van der Waals surface area contributed by atoms with Gasteiger partial charge in [-0.1, -0.05) is 17.7 Å². The first-order chi connectivity index (χ1) is 19.4. The molecule has 0 saturated heterocycles. The number of pyridine rings is 1. The number of benzene rings is 1. The van der Waals surface area contributed by atoms with Crippen LogP contribution in [-0.4, -0.2) is 64.7 Å². The summed E-state index contributed by atoms with van der Waals surface area (Å²) < 4.78 is 18.8. The smallest absolute Gasteiger partial charge is 0.320 e. The second kappa shape index (κ2) is 13.1. The lowest BCUT2D eigenvalue weighted by atomic mass is 9.86. The number of esters is 1. The van der Waals surface area contributed by atoms with Crippen LogP contribution in [-0.2, 0) is 16.1 Å². The Balaban J connectivity index is 1.30. The quantitative estimate of drug-likeness (QED) is 0.379. The number of amides is 1. The maximum atomic E-state index is 13.4. The van der Waals surface area contributed by atoms with Gasteiger partial charge in [-0.3, -0.25) is 15.0 Å². The van der Waals surface area contributed by atoms with Crippen molar-refractivity contribution in [3.05, 3.63) is 63.7 Å². The van der Waals surface area contributed by atoms with Crippen molar-refractivity contribution in [2.45, 2.75) is 71.6 Å². The van der Waals surface area contributed by atoms with Crippen molar-refractivity contribution < 1.29 is 18.7 Å². The maximum Gasteiger partial charge on any atom is 0.320 e. The number of carbonyl (C=O) groups excluding carboxylic acids is 2. The Bertz CT molecular complexity index is 1290. The van der Waals surface area contributed by atoms with Gasteiger partial charge >= 0.3 is 5.97 Å². The number of amidine groups is 1. The zero-order chi connectivity index (χ0) is 29.7. The first-order valence-corrected chi connectivity index (χ1v) is 14.3. The Morgan fingerprint density at radius 1 is 1.17 bits per heavy atom. The first-order valence-electron chi connectivity index (χ1n) is 13.9. The Morgan fingerprint density at radius 3 is 2.59 bits per heavy atom. The van der Waals surface area contributed by atoms with Gasteiger partial charge in [-0.15, -0.1) is 10.2 Å². The molecule has 41 heavy (non-hydrogen) atoms. The molecule has 0 atom stereocenters. The van der Waals surface area contributed by atoms with Crippen LogP contribution in [0.15, 0.2) is 35.4 Å². The van der Waals surface area contributed by atoms with E-state index in [1.807, 2.05) is 51.0 Å². The molecule has 0 bridgehead atoms. The van der Waals surface area contributed by atoms with Crippen LogP contribution in [0.2, 0.25) is 5.02 Å². The largest absolute Gasteiger partial charge is 0.459 e. The highest BCUT2D eigenvalue weighted by molar-refractivity contribution is 6.30. The summed E-state index contributed by atoms with van der Waals surface area (Å²) in [4.78, 5) is 29.3. The third-order valence-corrected chi connectivity index (χ3v) is 7.24. The van der Waals surface area contributed by atoms with Crippen LogP contribution in [0.25, 0.3) is 0 Å². The monoisotopic (exact) mass is 587 g/mol. The second-order valence-corrected chi connectivity index (χ2v) is 12.0. The highest BCUT2D eigenvalue weighted by atomic mass is 35.5. The molecule has 1 fully saturated rings. The molecule has 1 aliphatic carbocycles. The summed E-state index contributed by atoms with van der Waals surface area (Å²) >= 11 is 5.85. The lowest BCUT2D eigenvalue weighted by molar-refractivity contribution is -0.153. The second-order valence-electron chi connectivity index (χ2n) is 11.6. The fraction of sp³-hybridized carbons (Fsp3) is 0.517. The minimum absolute atomic E-state index is 0.00890. The van der Waals surface area contributed by atoms with E-state index in [0.717, 1.165) is 37.8 Å². The lowest BCUT2D eigenvalue weighted by Gasteiger charge is -2.32. The molecule has 222 valence electrons. The predicted octanol–water partition coefficient (Wildman–Crippen LogP) is 3.93. The normalized spacial score (nSPS) is 19.5. The van der Waals surface area contributed by atoms with Crippen LogP contribution in [0.5, 0.6) is 0 Å². The van der Waals surface area contributed by atoms with Crippen molar-refractivity contribution in [1.82, 2.24) is 31.3 Å². The number of halogens is 2. The molecule has 2 aromatic rings. The van der Waals surface area contributed by atoms with Gasteiger partial charge in [0, 0.05) is 30.9 Å². The summed E-state index contributed by atoms with van der Waals surface area (Å²) in [6, 6.07) is 8.21. The average Bonchev–Trinajstić information content (AvgIpc) is 3.27. The third-order valence-electron chi connectivity index (χ3n) is 6.95. The maximum absolute atomic E-state index is 13.4. The zero-order valence-corrected chi connectivity index (χ0v) is 25.0. The molecule has 0 unspecified atom stereocenters. The van der Waals surface area contributed by atoms with E-state index < -0.39 is 11.4 Å². The fourth-order valence-corrected chi connectivity index (χ4v) is 5.13. The van der Waals surface area contributed by atoms with E-state index in [0.29, 0.717) is 29.1 Å². The van der Waals surface area contributed by atoms with Gasteiger partial charge in [-0.25, -0.2) is 14.5 Å². The molecule has 1 aliphatic heterocycles. The van der Waals surface area contributed by atoms with E-state index in [2.05, 4.69) is 21.0 Å². The average molecular weight is 588 g/mol. The van der Waals surface area contributed by atoms with Crippen LogP contribution in [0.1, 0.15) is 73.8 Å². The predicted molar refractivity (Wildman–Crippen MR) is 155 cm³/mol. The van der Waals surface area contributed by atoms with Gasteiger partial charge in [0.1, 0.15) is 17.1 Å². The third kappa shape index (κ3) is 8.85. The molecule has 0 spiro atoms. The highest BCUT2D eigenvalue weighted by Gasteiger charge is 2.28. The van der Waals surface area contributed by atoms with Gasteiger partial charge in [-0.2, -0.15) is 0 Å². The summed E-state index contributed by atoms with van der Waals surface area (Å²) in [7, 11) is 1.90. The van der Waals surface area contributed by atoms with Crippen molar-refractivity contribution in [2.75, 3.05) is 20.1 Å². The van der Waals surface area contributed by atoms with E-state index in [9.17, 15) is 14.0 Å². The number of nitrogens with zero attached hydrogens (tertiary/aromatic N) is 4. The van der Waals surface area contributed by atoms with Crippen molar-refractivity contribution in [2.24, 2.45) is 11.0 Å². The Morgan fingerprint density at radius 2 is 1.90 bits per heavy atom. The summed E-state index contributed by atoms with van der Waals surface area (Å²) in [5.41, 5.74) is 5.16. The molecule has 1 amide bonds. The number of ether oxygens (including phenoxy) is 1. The number of hydrogen-bond acceptors (Lipinski definition) is 9. The summed E-state index contributed by atoms with van der Waals surface area (Å²) in [5.74, 6) is 0.00957. The molecule has 1 aromatic heterocycles. The van der Waals surface area contributed by atoms with Gasteiger partial charge in [0.2, 0.25) is 0 Å². The molecule has 2 heterocycles. The molecular weight excluding hydrogens is 549 g/mol. The molecule has 4 rings (SSSR count). The summed E-state index contributed by atoms with van der Waals surface area (Å²) in [5, 5.41) is 14.7. The number of carbonyl (C=O) groups is 2. The standard InChI is InChI=1S/C29H39ClFN7O3/c1-18-12-21(14-25(34-18)28(40)33-15-20-8-11-24(31)23(30)13-20)27-35-37(5)38(36-27)17-19-6-9-22(10-7-19)32-16-26(39)41-29(2,3)4/h8,11-14,19,22,32H,6-7,9-10,15-17H2,1-5H3,(H,33,40)(H,35,36). The highest BCUT2D eigenvalue weighted by Crippen LogP contribution is 2.26. The van der Waals surface area contributed by atoms with Gasteiger partial charge in [0.25, 0.3) is 5.91 Å². The van der Waals surface area contributed by atoms with Gasteiger partial charge in [0.05, 0.1) is 18.1 Å². The number of hydrogen-bond donors (Lipinski definition) is 3. The number of aromatic nitrogens is 1. The Labute approximate surface area is 245 Å². The minimum Gasteiger partial charge on any atom is -0.459 e. The van der Waals surface area contributed by atoms with Gasteiger partial charge < -0.3 is 15.4 Å². The molecule has 10 nitrogen and oxygen atoms in total. The Kier molecular flexibility index (Phi) is 9.83. The summed E-state index contributed by atoms with van der Waals surface area (Å²) in [6.07, 6.45) is 4.03. The summed E-state index contributed by atoms with van der Waals surface area (Å²) in [6.45, 7) is 8.61. The SMILES string of the molecule is Cc1cc(C2=NN(CC3CCC(NCC(=O)OC(C)(C)C)CC3)N(C)N2)cc(C(=O)NCc2ccc(F)c(Cl)c2)n1. The topological polar surface area (TPSA) is 111 Å². The lowest BCUT2D eigenvalue weighted by Crippen LogP contribution is -2.44. The first kappa shape index (κ1) is 30.7. The zero-order valence-electron chi connectivity index (χ0n) is 24.3. The van der Waals surface area contributed by atoms with Crippen LogP contribution in [0, 0.1) is 18.7 Å². The Hall–Kier alpha value is -3.28. The van der Waals surface area contributed by atoms with Crippen LogP contribution in [0.3, 0.4) is 0 Å². The van der Waals surface area contributed by atoms with Crippen LogP contribution >= 0.6 is 11.6 Å². The van der Waals surface area contributed by atoms with E-state index in [1.165, 1.54) is 12.1 Å². The van der Waals surface area contributed by atoms with Gasteiger partial charge in [-0.05, 0) is 89.1 Å². The number of aryl methyl sites for hydroxylation is 1. The molecule has 12 heteroatoms. The van der Waals surface area contributed by atoms with E-state index in [4.69, 9.17) is 21.4 Å². The molecule has 0 radical (unpaired) electrons. The molecule has 1 saturated carbocycles. The van der Waals surface area contributed by atoms with E-state index in [1.54, 1.807) is 12.1 Å². The van der Waals surface area contributed by atoms with Crippen molar-refractivity contribution in [3.63, 3.8) is 0 Å². The molecule has 2 aliphatic rings. The molecule has 3 N–H and O–H groups in total. The van der Waals surface area contributed by atoms with E-state index >= 15 is 0 Å². The number of hydrazine groups is 2. The number of nitrogens with one attached hydrogen (secondary N) is 3. The van der Waals surface area contributed by atoms with Crippen LogP contribution < -0.4 is 16.1 Å². The van der Waals surface area contributed by atoms with Gasteiger partial charge in [0.15, 0.2) is 5.84 Å². The number of hydrazone groups is 1. The minimum atomic E-state index is -0.504.